The molecule has 0 saturated heterocycles. The summed E-state index contributed by atoms with van der Waals surface area (Å²) in [5.74, 6) is -0.933. The highest BCUT2D eigenvalue weighted by Crippen LogP contribution is 2.27. The van der Waals surface area contributed by atoms with Gasteiger partial charge in [-0.1, -0.05) is 30.3 Å². The van der Waals surface area contributed by atoms with Gasteiger partial charge in [0.25, 0.3) is 0 Å². The lowest BCUT2D eigenvalue weighted by molar-refractivity contribution is -0.136. The summed E-state index contributed by atoms with van der Waals surface area (Å²) in [4.78, 5) is 27.1. The van der Waals surface area contributed by atoms with Gasteiger partial charge in [-0.2, -0.15) is 0 Å². The third-order valence-electron chi connectivity index (χ3n) is 4.60. The number of fused-ring (bicyclic) bond motifs is 1. The average Bonchev–Trinajstić information content (AvgIpc) is 2.94. The number of rotatable bonds is 7. The molecule has 134 valence electrons. The molecule has 2 N–H and O–H groups in total. The molecule has 2 aromatic carbocycles. The Morgan fingerprint density at radius 1 is 1.15 bits per heavy atom. The molecule has 1 heterocycles. The first-order valence-electron chi connectivity index (χ1n) is 8.43. The minimum absolute atomic E-state index is 0.0391. The maximum absolute atomic E-state index is 12.8. The fourth-order valence-corrected chi connectivity index (χ4v) is 3.23. The van der Waals surface area contributed by atoms with E-state index in [1.165, 1.54) is 0 Å². The Hall–Kier alpha value is -2.92. The summed E-state index contributed by atoms with van der Waals surface area (Å²) < 4.78 is 5.49. The van der Waals surface area contributed by atoms with E-state index < -0.39 is 5.97 Å². The molecule has 1 atom stereocenters. The molecule has 1 unspecified atom stereocenters. The number of carbonyl (C=O) groups excluding carboxylic acids is 1. The van der Waals surface area contributed by atoms with Gasteiger partial charge in [-0.3, -0.25) is 9.59 Å². The maximum atomic E-state index is 12.8. The first-order chi connectivity index (χ1) is 12.5. The SMILES string of the molecule is COC(CC(=O)c1ccc2[nH]c(C)c(CC(=O)O)c2c1)c1ccccc1. The van der Waals surface area contributed by atoms with Crippen molar-refractivity contribution < 1.29 is 19.4 Å². The number of nitrogens with one attached hydrogen (secondary N) is 1. The summed E-state index contributed by atoms with van der Waals surface area (Å²) in [6.45, 7) is 1.84. The van der Waals surface area contributed by atoms with Crippen LogP contribution in [-0.2, 0) is 16.0 Å². The highest BCUT2D eigenvalue weighted by molar-refractivity contribution is 6.01. The molecular formula is C21H21NO4. The van der Waals surface area contributed by atoms with Crippen molar-refractivity contribution in [2.45, 2.75) is 25.9 Å². The molecule has 0 amide bonds. The number of aromatic amines is 1. The Morgan fingerprint density at radius 3 is 2.54 bits per heavy atom. The number of hydrogen-bond acceptors (Lipinski definition) is 3. The van der Waals surface area contributed by atoms with Crippen LogP contribution < -0.4 is 0 Å². The summed E-state index contributed by atoms with van der Waals surface area (Å²) in [6, 6.07) is 15.0. The van der Waals surface area contributed by atoms with Crippen LogP contribution in [-0.4, -0.2) is 29.0 Å². The number of H-pyrrole nitrogens is 1. The van der Waals surface area contributed by atoms with Crippen LogP contribution in [0.25, 0.3) is 10.9 Å². The van der Waals surface area contributed by atoms with E-state index in [1.54, 1.807) is 19.2 Å². The smallest absolute Gasteiger partial charge is 0.307 e. The number of ether oxygens (including phenoxy) is 1. The van der Waals surface area contributed by atoms with Gasteiger partial charge >= 0.3 is 5.97 Å². The molecule has 0 aliphatic heterocycles. The zero-order valence-electron chi connectivity index (χ0n) is 14.8. The molecule has 0 aliphatic carbocycles. The number of Topliss-reactive ketones (excluding diaryl/α,β-unsaturated/α-hetero) is 1. The van der Waals surface area contributed by atoms with Crippen molar-refractivity contribution in [3.63, 3.8) is 0 Å². The molecule has 1 aromatic heterocycles. The summed E-state index contributed by atoms with van der Waals surface area (Å²) >= 11 is 0. The zero-order chi connectivity index (χ0) is 18.7. The number of ketones is 1. The number of carboxylic acids is 1. The monoisotopic (exact) mass is 351 g/mol. The van der Waals surface area contributed by atoms with Gasteiger partial charge in [0.05, 0.1) is 12.5 Å². The molecule has 26 heavy (non-hydrogen) atoms. The van der Waals surface area contributed by atoms with E-state index in [9.17, 15) is 9.59 Å². The van der Waals surface area contributed by atoms with E-state index in [0.717, 1.165) is 22.2 Å². The zero-order valence-corrected chi connectivity index (χ0v) is 14.8. The van der Waals surface area contributed by atoms with Gasteiger partial charge in [0.15, 0.2) is 5.78 Å². The van der Waals surface area contributed by atoms with E-state index in [0.29, 0.717) is 11.1 Å². The minimum Gasteiger partial charge on any atom is -0.481 e. The van der Waals surface area contributed by atoms with E-state index in [-0.39, 0.29) is 24.7 Å². The molecule has 5 nitrogen and oxygen atoms in total. The molecule has 3 rings (SSSR count). The molecule has 0 fully saturated rings. The quantitative estimate of drug-likeness (QED) is 0.629. The molecular weight excluding hydrogens is 330 g/mol. The van der Waals surface area contributed by atoms with Crippen molar-refractivity contribution in [3.8, 4) is 0 Å². The summed E-state index contributed by atoms with van der Waals surface area (Å²) in [5, 5.41) is 9.91. The topological polar surface area (TPSA) is 79.4 Å². The standard InChI is InChI=1S/C21H21NO4/c1-13-16(11-21(24)25)17-10-15(8-9-18(17)22-13)19(23)12-20(26-2)14-6-4-3-5-7-14/h3-10,20,22H,11-12H2,1-2H3,(H,24,25). The molecule has 0 spiro atoms. The first kappa shape index (κ1) is 17.9. The van der Waals surface area contributed by atoms with Gasteiger partial charge < -0.3 is 14.8 Å². The predicted octanol–water partition coefficient (Wildman–Crippen LogP) is 4.06. The first-order valence-corrected chi connectivity index (χ1v) is 8.43. The third kappa shape index (κ3) is 3.68. The van der Waals surface area contributed by atoms with Crippen LogP contribution in [0, 0.1) is 6.92 Å². The van der Waals surface area contributed by atoms with Crippen LogP contribution >= 0.6 is 0 Å². The minimum atomic E-state index is -0.894. The van der Waals surface area contributed by atoms with Crippen molar-refractivity contribution in [1.29, 1.82) is 0 Å². The van der Waals surface area contributed by atoms with Crippen LogP contribution in [0.1, 0.15) is 39.7 Å². The van der Waals surface area contributed by atoms with Gasteiger partial charge in [0.2, 0.25) is 0 Å². The fourth-order valence-electron chi connectivity index (χ4n) is 3.23. The van der Waals surface area contributed by atoms with E-state index in [1.807, 2.05) is 43.3 Å². The van der Waals surface area contributed by atoms with Crippen LogP contribution in [0.2, 0.25) is 0 Å². The molecule has 0 saturated carbocycles. The summed E-state index contributed by atoms with van der Waals surface area (Å²) in [6.07, 6.45) is -0.163. The number of benzene rings is 2. The number of aliphatic carboxylic acids is 1. The number of methoxy groups -OCH3 is 1. The number of aromatic nitrogens is 1. The van der Waals surface area contributed by atoms with Crippen molar-refractivity contribution in [3.05, 3.63) is 70.9 Å². The number of carboxylic acid groups (broad SMARTS) is 1. The fraction of sp³-hybridized carbons (Fsp3) is 0.238. The lowest BCUT2D eigenvalue weighted by Gasteiger charge is -2.15. The molecule has 0 radical (unpaired) electrons. The van der Waals surface area contributed by atoms with Crippen molar-refractivity contribution in [1.82, 2.24) is 4.98 Å². The second kappa shape index (κ2) is 7.54. The Balaban J connectivity index is 1.89. The van der Waals surface area contributed by atoms with Gasteiger partial charge in [-0.15, -0.1) is 0 Å². The highest BCUT2D eigenvalue weighted by atomic mass is 16.5. The second-order valence-electron chi connectivity index (χ2n) is 6.32. The largest absolute Gasteiger partial charge is 0.481 e. The van der Waals surface area contributed by atoms with Crippen LogP contribution in [0.4, 0.5) is 0 Å². The van der Waals surface area contributed by atoms with Gasteiger partial charge in [0.1, 0.15) is 0 Å². The van der Waals surface area contributed by atoms with E-state index in [2.05, 4.69) is 4.98 Å². The molecule has 0 bridgehead atoms. The predicted molar refractivity (Wildman–Crippen MR) is 99.5 cm³/mol. The lowest BCUT2D eigenvalue weighted by Crippen LogP contribution is -2.09. The van der Waals surface area contributed by atoms with Crippen LogP contribution in [0.3, 0.4) is 0 Å². The lowest BCUT2D eigenvalue weighted by atomic mass is 9.98. The molecule has 5 heteroatoms. The number of hydrogen-bond donors (Lipinski definition) is 2. The van der Waals surface area contributed by atoms with Crippen LogP contribution in [0.15, 0.2) is 48.5 Å². The van der Waals surface area contributed by atoms with Crippen molar-refractivity contribution in [2.75, 3.05) is 7.11 Å². The van der Waals surface area contributed by atoms with Gasteiger partial charge in [-0.05, 0) is 36.2 Å². The summed E-state index contributed by atoms with van der Waals surface area (Å²) in [5.41, 5.74) is 3.87. The average molecular weight is 351 g/mol. The van der Waals surface area contributed by atoms with Crippen molar-refractivity contribution in [2.24, 2.45) is 0 Å². The Bertz CT molecular complexity index is 943. The van der Waals surface area contributed by atoms with E-state index in [4.69, 9.17) is 9.84 Å². The number of aryl methyl sites for hydroxylation is 1. The normalized spacial score (nSPS) is 12.2. The highest BCUT2D eigenvalue weighted by Gasteiger charge is 2.18. The van der Waals surface area contributed by atoms with Gasteiger partial charge in [-0.25, -0.2) is 0 Å². The number of carbonyl (C=O) groups is 2. The van der Waals surface area contributed by atoms with Gasteiger partial charge in [0, 0.05) is 35.7 Å². The van der Waals surface area contributed by atoms with Crippen molar-refractivity contribution >= 4 is 22.7 Å². The van der Waals surface area contributed by atoms with E-state index >= 15 is 0 Å². The maximum Gasteiger partial charge on any atom is 0.307 e. The molecule has 3 aromatic rings. The Labute approximate surface area is 151 Å². The third-order valence-corrected chi connectivity index (χ3v) is 4.60. The Morgan fingerprint density at radius 2 is 1.88 bits per heavy atom. The molecule has 0 aliphatic rings. The summed E-state index contributed by atoms with van der Waals surface area (Å²) in [7, 11) is 1.59. The van der Waals surface area contributed by atoms with Crippen LogP contribution in [0.5, 0.6) is 0 Å². The second-order valence-corrected chi connectivity index (χ2v) is 6.32. The Kier molecular flexibility index (Phi) is 5.19.